The van der Waals surface area contributed by atoms with Crippen molar-refractivity contribution in [3.63, 3.8) is 0 Å². The fourth-order valence-corrected chi connectivity index (χ4v) is 2.90. The van der Waals surface area contributed by atoms with Crippen molar-refractivity contribution in [1.82, 2.24) is 10.2 Å². The van der Waals surface area contributed by atoms with Crippen molar-refractivity contribution < 1.29 is 13.9 Å². The van der Waals surface area contributed by atoms with Crippen molar-refractivity contribution in [3.8, 4) is 0 Å². The van der Waals surface area contributed by atoms with E-state index in [0.29, 0.717) is 13.2 Å². The van der Waals surface area contributed by atoms with Gasteiger partial charge in [-0.15, -0.1) is 0 Å². The summed E-state index contributed by atoms with van der Waals surface area (Å²) >= 11 is 0. The van der Waals surface area contributed by atoms with Crippen LogP contribution >= 0.6 is 0 Å². The van der Waals surface area contributed by atoms with E-state index in [1.54, 1.807) is 12.5 Å². The third kappa shape index (κ3) is 2.68. The Morgan fingerprint density at radius 1 is 1.55 bits per heavy atom. The number of urea groups is 1. The first-order valence-electron chi connectivity index (χ1n) is 7.38. The second-order valence-corrected chi connectivity index (χ2v) is 5.94. The number of carbonyl (C=O) groups excluding carboxylic acids is 1. The number of rotatable bonds is 3. The van der Waals surface area contributed by atoms with Gasteiger partial charge in [0.15, 0.2) is 0 Å². The van der Waals surface area contributed by atoms with Crippen LogP contribution in [0.5, 0.6) is 0 Å². The van der Waals surface area contributed by atoms with Crippen LogP contribution < -0.4 is 5.32 Å². The molecule has 0 aromatic carbocycles. The molecule has 1 aromatic rings. The molecule has 1 aliphatic carbocycles. The van der Waals surface area contributed by atoms with Gasteiger partial charge in [0.1, 0.15) is 0 Å². The molecule has 5 heteroatoms. The first-order valence-corrected chi connectivity index (χ1v) is 7.38. The highest BCUT2D eigenvalue weighted by Crippen LogP contribution is 2.39. The molecule has 1 N–H and O–H groups in total. The SMILES string of the molecule is C[C@H]1COC2(CCC2)CN1C(=O)NCCc1ccoc1. The van der Waals surface area contributed by atoms with Crippen molar-refractivity contribution in [3.05, 3.63) is 24.2 Å². The molecule has 20 heavy (non-hydrogen) atoms. The topological polar surface area (TPSA) is 54.7 Å². The molecule has 0 unspecified atom stereocenters. The second-order valence-electron chi connectivity index (χ2n) is 5.94. The van der Waals surface area contributed by atoms with Crippen LogP contribution in [-0.4, -0.2) is 42.3 Å². The van der Waals surface area contributed by atoms with Gasteiger partial charge in [0, 0.05) is 6.54 Å². The maximum atomic E-state index is 12.3. The zero-order valence-electron chi connectivity index (χ0n) is 11.9. The Morgan fingerprint density at radius 2 is 2.40 bits per heavy atom. The van der Waals surface area contributed by atoms with Gasteiger partial charge in [-0.25, -0.2) is 4.79 Å². The highest BCUT2D eigenvalue weighted by molar-refractivity contribution is 5.74. The number of ether oxygens (including phenoxy) is 1. The summed E-state index contributed by atoms with van der Waals surface area (Å²) in [4.78, 5) is 14.2. The van der Waals surface area contributed by atoms with E-state index in [0.717, 1.165) is 31.4 Å². The summed E-state index contributed by atoms with van der Waals surface area (Å²) in [7, 11) is 0. The summed E-state index contributed by atoms with van der Waals surface area (Å²) in [5.41, 5.74) is 1.06. The van der Waals surface area contributed by atoms with E-state index >= 15 is 0 Å². The van der Waals surface area contributed by atoms with E-state index < -0.39 is 0 Å². The van der Waals surface area contributed by atoms with Crippen LogP contribution in [0.2, 0.25) is 0 Å². The predicted octanol–water partition coefficient (Wildman–Crippen LogP) is 2.18. The highest BCUT2D eigenvalue weighted by Gasteiger charge is 2.45. The standard InChI is InChI=1S/C15H22N2O3/c1-12-9-20-15(5-2-6-15)11-17(12)14(18)16-7-3-13-4-8-19-10-13/h4,8,10,12H,2-3,5-7,9,11H2,1H3,(H,16,18)/t12-/m0/s1. The van der Waals surface area contributed by atoms with E-state index in [9.17, 15) is 4.79 Å². The quantitative estimate of drug-likeness (QED) is 0.922. The molecule has 1 aliphatic heterocycles. The van der Waals surface area contributed by atoms with Crippen LogP contribution in [0.3, 0.4) is 0 Å². The average molecular weight is 278 g/mol. The van der Waals surface area contributed by atoms with Crippen molar-refractivity contribution in [1.29, 1.82) is 0 Å². The number of amides is 2. The smallest absolute Gasteiger partial charge is 0.317 e. The molecule has 0 radical (unpaired) electrons. The monoisotopic (exact) mass is 278 g/mol. The number of nitrogens with zero attached hydrogens (tertiary/aromatic N) is 1. The molecule has 2 aliphatic rings. The minimum atomic E-state index is -0.0472. The Kier molecular flexibility index (Phi) is 3.70. The predicted molar refractivity (Wildman–Crippen MR) is 74.5 cm³/mol. The summed E-state index contributed by atoms with van der Waals surface area (Å²) < 4.78 is 10.9. The van der Waals surface area contributed by atoms with E-state index in [1.165, 1.54) is 6.42 Å². The van der Waals surface area contributed by atoms with Crippen LogP contribution in [-0.2, 0) is 11.2 Å². The highest BCUT2D eigenvalue weighted by atomic mass is 16.5. The Hall–Kier alpha value is -1.49. The molecular formula is C15H22N2O3. The van der Waals surface area contributed by atoms with Gasteiger partial charge in [0.25, 0.3) is 0 Å². The minimum absolute atomic E-state index is 0.0237. The first kappa shape index (κ1) is 13.5. The lowest BCUT2D eigenvalue weighted by molar-refractivity contribution is -0.157. The molecule has 1 atom stereocenters. The van der Waals surface area contributed by atoms with Gasteiger partial charge >= 0.3 is 6.03 Å². The van der Waals surface area contributed by atoms with Gasteiger partial charge < -0.3 is 19.4 Å². The Labute approximate surface area is 119 Å². The number of nitrogens with one attached hydrogen (secondary N) is 1. The van der Waals surface area contributed by atoms with Gasteiger partial charge in [-0.2, -0.15) is 0 Å². The summed E-state index contributed by atoms with van der Waals surface area (Å²) in [5, 5.41) is 3.00. The Balaban J connectivity index is 1.50. The average Bonchev–Trinajstić information content (AvgIpc) is 2.90. The lowest BCUT2D eigenvalue weighted by atomic mass is 9.78. The molecule has 1 saturated carbocycles. The largest absolute Gasteiger partial charge is 0.472 e. The number of hydrogen-bond acceptors (Lipinski definition) is 3. The van der Waals surface area contributed by atoms with Gasteiger partial charge in [-0.3, -0.25) is 0 Å². The molecule has 2 heterocycles. The van der Waals surface area contributed by atoms with Gasteiger partial charge in [-0.1, -0.05) is 0 Å². The molecule has 0 bridgehead atoms. The lowest BCUT2D eigenvalue weighted by Gasteiger charge is -2.50. The minimum Gasteiger partial charge on any atom is -0.472 e. The van der Waals surface area contributed by atoms with E-state index in [4.69, 9.17) is 9.15 Å². The third-order valence-electron chi connectivity index (χ3n) is 4.42. The van der Waals surface area contributed by atoms with Crippen molar-refractivity contribution in [2.24, 2.45) is 0 Å². The van der Waals surface area contributed by atoms with Gasteiger partial charge in [0.05, 0.1) is 37.3 Å². The van der Waals surface area contributed by atoms with Gasteiger partial charge in [0.2, 0.25) is 0 Å². The zero-order valence-corrected chi connectivity index (χ0v) is 11.9. The van der Waals surface area contributed by atoms with Crippen LogP contribution in [0.1, 0.15) is 31.7 Å². The molecule has 2 amide bonds. The third-order valence-corrected chi connectivity index (χ3v) is 4.42. The second kappa shape index (κ2) is 5.48. The number of carbonyl (C=O) groups is 1. The molecule has 2 fully saturated rings. The maximum absolute atomic E-state index is 12.3. The Bertz CT molecular complexity index is 454. The van der Waals surface area contributed by atoms with Crippen LogP contribution in [0, 0.1) is 0 Å². The van der Waals surface area contributed by atoms with Crippen LogP contribution in [0.25, 0.3) is 0 Å². The van der Waals surface area contributed by atoms with E-state index in [2.05, 4.69) is 5.32 Å². The molecule has 1 saturated heterocycles. The first-order chi connectivity index (χ1) is 9.69. The summed E-state index contributed by atoms with van der Waals surface area (Å²) in [6.45, 7) is 4.05. The lowest BCUT2D eigenvalue weighted by Crippen LogP contribution is -2.62. The van der Waals surface area contributed by atoms with Crippen molar-refractivity contribution >= 4 is 6.03 Å². The van der Waals surface area contributed by atoms with Crippen molar-refractivity contribution in [2.45, 2.75) is 44.2 Å². The van der Waals surface area contributed by atoms with Crippen molar-refractivity contribution in [2.75, 3.05) is 19.7 Å². The number of hydrogen-bond donors (Lipinski definition) is 1. The molecule has 5 nitrogen and oxygen atoms in total. The number of furan rings is 1. The molecule has 3 rings (SSSR count). The Morgan fingerprint density at radius 3 is 3.05 bits per heavy atom. The molecular weight excluding hydrogens is 256 g/mol. The summed E-state index contributed by atoms with van der Waals surface area (Å²) in [6.07, 6.45) is 7.54. The fourth-order valence-electron chi connectivity index (χ4n) is 2.90. The van der Waals surface area contributed by atoms with E-state index in [1.807, 2.05) is 17.9 Å². The summed E-state index contributed by atoms with van der Waals surface area (Å²) in [5.74, 6) is 0. The zero-order chi connectivity index (χ0) is 14.0. The molecule has 1 aromatic heterocycles. The normalized spacial score (nSPS) is 24.4. The van der Waals surface area contributed by atoms with Crippen LogP contribution in [0.4, 0.5) is 4.79 Å². The van der Waals surface area contributed by atoms with E-state index in [-0.39, 0.29) is 17.7 Å². The van der Waals surface area contributed by atoms with Crippen LogP contribution in [0.15, 0.2) is 23.0 Å². The fraction of sp³-hybridized carbons (Fsp3) is 0.667. The maximum Gasteiger partial charge on any atom is 0.317 e. The molecule has 1 spiro atoms. The number of morpholine rings is 1. The van der Waals surface area contributed by atoms with Gasteiger partial charge in [-0.05, 0) is 44.2 Å². The molecule has 110 valence electrons. The summed E-state index contributed by atoms with van der Waals surface area (Å²) in [6, 6.07) is 2.10.